The first-order valence-corrected chi connectivity index (χ1v) is 11.8. The fourth-order valence-electron chi connectivity index (χ4n) is 3.81. The van der Waals surface area contributed by atoms with Gasteiger partial charge in [0.2, 0.25) is 11.8 Å². The van der Waals surface area contributed by atoms with Crippen LogP contribution in [0, 0.1) is 10.1 Å². The Morgan fingerprint density at radius 1 is 0.971 bits per heavy atom. The summed E-state index contributed by atoms with van der Waals surface area (Å²) < 4.78 is 0. The van der Waals surface area contributed by atoms with Gasteiger partial charge in [-0.1, -0.05) is 79.2 Å². The fraction of sp³-hybridized carbons (Fsp3) is 0.259. The quantitative estimate of drug-likeness (QED) is 0.302. The van der Waals surface area contributed by atoms with Crippen molar-refractivity contribution in [2.75, 3.05) is 6.54 Å². The number of nitrogens with one attached hydrogen (secondary N) is 1. The van der Waals surface area contributed by atoms with Crippen LogP contribution in [0.15, 0.2) is 78.9 Å². The molecule has 0 aliphatic heterocycles. The van der Waals surface area contributed by atoms with Gasteiger partial charge in [0.1, 0.15) is 6.04 Å². The zero-order valence-corrected chi connectivity index (χ0v) is 20.3. The van der Waals surface area contributed by atoms with Gasteiger partial charge in [-0.3, -0.25) is 19.7 Å². The number of amides is 2. The van der Waals surface area contributed by atoms with E-state index in [9.17, 15) is 19.7 Å². The summed E-state index contributed by atoms with van der Waals surface area (Å²) in [6, 6.07) is 21.9. The summed E-state index contributed by atoms with van der Waals surface area (Å²) in [5, 5.41) is 15.0. The summed E-state index contributed by atoms with van der Waals surface area (Å²) in [5.41, 5.74) is 1.88. The fourth-order valence-corrected chi connectivity index (χ4v) is 3.94. The average molecular weight is 494 g/mol. The Morgan fingerprint density at radius 2 is 1.63 bits per heavy atom. The van der Waals surface area contributed by atoms with E-state index in [-0.39, 0.29) is 30.5 Å². The zero-order valence-electron chi connectivity index (χ0n) is 19.5. The molecule has 0 saturated carbocycles. The summed E-state index contributed by atoms with van der Waals surface area (Å²) in [6.45, 7) is 2.60. The molecule has 1 unspecified atom stereocenters. The van der Waals surface area contributed by atoms with Crippen molar-refractivity contribution in [3.8, 4) is 0 Å². The molecule has 0 aliphatic carbocycles. The molecular weight excluding hydrogens is 466 g/mol. The lowest BCUT2D eigenvalue weighted by Crippen LogP contribution is -2.51. The third kappa shape index (κ3) is 7.39. The number of carbonyl (C=O) groups is 2. The van der Waals surface area contributed by atoms with Crippen LogP contribution in [0.5, 0.6) is 0 Å². The molecular formula is C27H28ClN3O4. The van der Waals surface area contributed by atoms with E-state index >= 15 is 0 Å². The van der Waals surface area contributed by atoms with Gasteiger partial charge in [-0.15, -0.1) is 0 Å². The van der Waals surface area contributed by atoms with Crippen molar-refractivity contribution in [1.82, 2.24) is 10.2 Å². The van der Waals surface area contributed by atoms with Gasteiger partial charge in [0.05, 0.1) is 11.3 Å². The number of benzene rings is 3. The highest BCUT2D eigenvalue weighted by Gasteiger charge is 2.31. The summed E-state index contributed by atoms with van der Waals surface area (Å²) in [4.78, 5) is 39.5. The minimum Gasteiger partial charge on any atom is -0.354 e. The van der Waals surface area contributed by atoms with Crippen LogP contribution < -0.4 is 5.32 Å². The lowest BCUT2D eigenvalue weighted by atomic mass is 10.0. The molecule has 3 rings (SSSR count). The molecule has 0 aliphatic rings. The normalized spacial score (nSPS) is 11.5. The van der Waals surface area contributed by atoms with Crippen LogP contribution in [-0.4, -0.2) is 34.2 Å². The summed E-state index contributed by atoms with van der Waals surface area (Å²) in [7, 11) is 0. The van der Waals surface area contributed by atoms with E-state index in [0.717, 1.165) is 17.5 Å². The summed E-state index contributed by atoms with van der Waals surface area (Å²) in [6.07, 6.45) is 0.870. The lowest BCUT2D eigenvalue weighted by Gasteiger charge is -2.31. The van der Waals surface area contributed by atoms with Gasteiger partial charge in [0.25, 0.3) is 5.69 Å². The number of halogens is 1. The molecule has 3 aromatic carbocycles. The van der Waals surface area contributed by atoms with Gasteiger partial charge in [0, 0.05) is 36.2 Å². The molecule has 0 fully saturated rings. The summed E-state index contributed by atoms with van der Waals surface area (Å²) in [5.74, 6) is -0.637. The van der Waals surface area contributed by atoms with Gasteiger partial charge in [0.15, 0.2) is 0 Å². The number of carbonyl (C=O) groups excluding carboxylic acids is 2. The maximum atomic E-state index is 13.7. The second kappa shape index (κ2) is 12.7. The van der Waals surface area contributed by atoms with Gasteiger partial charge >= 0.3 is 0 Å². The smallest absolute Gasteiger partial charge is 0.273 e. The number of nitrogens with zero attached hydrogens (tertiary/aromatic N) is 2. The first-order chi connectivity index (χ1) is 16.9. The molecule has 0 saturated heterocycles. The lowest BCUT2D eigenvalue weighted by molar-refractivity contribution is -0.385. The first-order valence-electron chi connectivity index (χ1n) is 11.5. The van der Waals surface area contributed by atoms with E-state index in [4.69, 9.17) is 11.6 Å². The van der Waals surface area contributed by atoms with E-state index in [1.807, 2.05) is 37.3 Å². The number of para-hydroxylation sites is 1. The van der Waals surface area contributed by atoms with E-state index < -0.39 is 11.0 Å². The Balaban J connectivity index is 1.99. The standard InChI is InChI=1S/C27H28ClN3O4/c1-2-16-29-27(33)25(17-20-8-4-3-5-9-20)30(19-21-12-14-23(28)15-13-21)26(32)18-22-10-6-7-11-24(22)31(34)35/h3-15,25H,2,16-19H2,1H3,(H,29,33). The van der Waals surface area contributed by atoms with Crippen molar-refractivity contribution in [1.29, 1.82) is 0 Å². The van der Waals surface area contributed by atoms with E-state index in [1.54, 1.807) is 42.5 Å². The predicted octanol–water partition coefficient (Wildman–Crippen LogP) is 4.96. The number of hydrogen-bond donors (Lipinski definition) is 1. The zero-order chi connectivity index (χ0) is 25.2. The third-order valence-electron chi connectivity index (χ3n) is 5.62. The molecule has 3 aromatic rings. The molecule has 182 valence electrons. The highest BCUT2D eigenvalue weighted by Crippen LogP contribution is 2.22. The molecule has 1 N–H and O–H groups in total. The predicted molar refractivity (Wildman–Crippen MR) is 136 cm³/mol. The van der Waals surface area contributed by atoms with Crippen LogP contribution in [0.3, 0.4) is 0 Å². The van der Waals surface area contributed by atoms with Crippen LogP contribution in [0.2, 0.25) is 5.02 Å². The van der Waals surface area contributed by atoms with E-state index in [2.05, 4.69) is 5.32 Å². The van der Waals surface area contributed by atoms with Crippen molar-refractivity contribution < 1.29 is 14.5 Å². The van der Waals surface area contributed by atoms with Crippen LogP contribution in [0.1, 0.15) is 30.0 Å². The highest BCUT2D eigenvalue weighted by molar-refractivity contribution is 6.30. The van der Waals surface area contributed by atoms with Gasteiger partial charge < -0.3 is 10.2 Å². The molecule has 1 atom stereocenters. The number of rotatable bonds is 11. The van der Waals surface area contributed by atoms with E-state index in [0.29, 0.717) is 23.6 Å². The molecule has 8 heteroatoms. The molecule has 7 nitrogen and oxygen atoms in total. The van der Waals surface area contributed by atoms with Crippen LogP contribution >= 0.6 is 11.6 Å². The molecule has 35 heavy (non-hydrogen) atoms. The Bertz CT molecular complexity index is 1150. The maximum Gasteiger partial charge on any atom is 0.273 e. The minimum atomic E-state index is -0.796. The third-order valence-corrected chi connectivity index (χ3v) is 5.87. The average Bonchev–Trinajstić information content (AvgIpc) is 2.86. The van der Waals surface area contributed by atoms with Crippen LogP contribution in [0.25, 0.3) is 0 Å². The topological polar surface area (TPSA) is 92.6 Å². The van der Waals surface area contributed by atoms with E-state index in [1.165, 1.54) is 11.0 Å². The Morgan fingerprint density at radius 3 is 2.29 bits per heavy atom. The second-order valence-corrected chi connectivity index (χ2v) is 8.64. The van der Waals surface area contributed by atoms with Crippen molar-refractivity contribution in [3.05, 3.63) is 111 Å². The Labute approximate surface area is 209 Å². The van der Waals surface area contributed by atoms with Gasteiger partial charge in [-0.05, 0) is 29.7 Å². The second-order valence-electron chi connectivity index (χ2n) is 8.21. The number of hydrogen-bond acceptors (Lipinski definition) is 4. The van der Waals surface area contributed by atoms with Crippen molar-refractivity contribution >= 4 is 29.1 Å². The largest absolute Gasteiger partial charge is 0.354 e. The number of nitro benzene ring substituents is 1. The van der Waals surface area contributed by atoms with Crippen LogP contribution in [0.4, 0.5) is 5.69 Å². The minimum absolute atomic E-state index is 0.123. The van der Waals surface area contributed by atoms with Crippen molar-refractivity contribution in [2.24, 2.45) is 0 Å². The maximum absolute atomic E-state index is 13.7. The Hall–Kier alpha value is -3.71. The van der Waals surface area contributed by atoms with Crippen LogP contribution in [-0.2, 0) is 29.0 Å². The molecule has 0 radical (unpaired) electrons. The van der Waals surface area contributed by atoms with Crippen molar-refractivity contribution in [2.45, 2.75) is 38.8 Å². The molecule has 0 aromatic heterocycles. The number of nitro groups is 1. The highest BCUT2D eigenvalue weighted by atomic mass is 35.5. The van der Waals surface area contributed by atoms with Gasteiger partial charge in [-0.25, -0.2) is 0 Å². The molecule has 0 bridgehead atoms. The molecule has 2 amide bonds. The summed E-state index contributed by atoms with van der Waals surface area (Å²) >= 11 is 6.03. The van der Waals surface area contributed by atoms with Gasteiger partial charge in [-0.2, -0.15) is 0 Å². The molecule has 0 heterocycles. The molecule has 0 spiro atoms. The first kappa shape index (κ1) is 25.9. The Kier molecular flexibility index (Phi) is 9.38. The van der Waals surface area contributed by atoms with Crippen molar-refractivity contribution in [3.63, 3.8) is 0 Å². The monoisotopic (exact) mass is 493 g/mol. The SMILES string of the molecule is CCCNC(=O)C(Cc1ccccc1)N(Cc1ccc(Cl)cc1)C(=O)Cc1ccccc1[N+](=O)[O-].